The molecule has 4 N–H and O–H groups in total. The summed E-state index contributed by atoms with van der Waals surface area (Å²) >= 11 is 0. The predicted molar refractivity (Wildman–Crippen MR) is 109 cm³/mol. The second-order valence-electron chi connectivity index (χ2n) is 7.81. The number of nitrogens with two attached hydrogens (primary N) is 2. The Kier molecular flexibility index (Phi) is 6.08. The fourth-order valence-corrected chi connectivity index (χ4v) is 3.16. The molecule has 0 aromatic heterocycles. The van der Waals surface area contributed by atoms with Crippen molar-refractivity contribution in [3.63, 3.8) is 0 Å². The fraction of sp³-hybridized carbons (Fsp3) is 0.478. The van der Waals surface area contributed by atoms with Gasteiger partial charge in [-0.1, -0.05) is 77.9 Å². The summed E-state index contributed by atoms with van der Waals surface area (Å²) in [5.41, 5.74) is 19.6. The monoisotopic (exact) mass is 338 g/mol. The molecule has 0 spiro atoms. The van der Waals surface area contributed by atoms with Gasteiger partial charge in [-0.15, -0.1) is 0 Å². The Morgan fingerprint density at radius 3 is 1.44 bits per heavy atom. The summed E-state index contributed by atoms with van der Waals surface area (Å²) in [5, 5.41) is 0. The maximum atomic E-state index is 6.72. The molecule has 0 heterocycles. The Morgan fingerprint density at radius 2 is 1.08 bits per heavy atom. The van der Waals surface area contributed by atoms with E-state index < -0.39 is 5.66 Å². The van der Waals surface area contributed by atoms with Gasteiger partial charge in [0.05, 0.1) is 0 Å². The van der Waals surface area contributed by atoms with Crippen molar-refractivity contribution in [3.8, 4) is 0 Å². The van der Waals surface area contributed by atoms with Gasteiger partial charge in [-0.25, -0.2) is 0 Å². The first-order valence-electron chi connectivity index (χ1n) is 9.55. The second-order valence-corrected chi connectivity index (χ2v) is 7.81. The highest BCUT2D eigenvalue weighted by Gasteiger charge is 2.27. The molecular formula is C23H34N2. The van der Waals surface area contributed by atoms with Crippen molar-refractivity contribution >= 4 is 0 Å². The minimum atomic E-state index is -0.983. The third-order valence-corrected chi connectivity index (χ3v) is 5.14. The van der Waals surface area contributed by atoms with Gasteiger partial charge in [-0.2, -0.15) is 0 Å². The summed E-state index contributed by atoms with van der Waals surface area (Å²) in [5.74, 6) is 0.892. The van der Waals surface area contributed by atoms with E-state index in [9.17, 15) is 0 Å². The highest BCUT2D eigenvalue weighted by atomic mass is 15.0. The highest BCUT2D eigenvalue weighted by molar-refractivity contribution is 5.45. The lowest BCUT2D eigenvalue weighted by Gasteiger charge is -2.29. The van der Waals surface area contributed by atoms with E-state index in [0.717, 1.165) is 24.0 Å². The molecule has 2 nitrogen and oxygen atoms in total. The van der Waals surface area contributed by atoms with Crippen LogP contribution in [0.15, 0.2) is 36.4 Å². The largest absolute Gasteiger partial charge is 0.306 e. The Morgan fingerprint density at radius 1 is 0.680 bits per heavy atom. The molecule has 2 rings (SSSR count). The molecule has 2 heteroatoms. The van der Waals surface area contributed by atoms with Gasteiger partial charge >= 0.3 is 0 Å². The number of hydrogen-bond acceptors (Lipinski definition) is 2. The van der Waals surface area contributed by atoms with Crippen LogP contribution in [0.3, 0.4) is 0 Å². The smallest absolute Gasteiger partial charge is 0.116 e. The van der Waals surface area contributed by atoms with Gasteiger partial charge in [-0.3, -0.25) is 0 Å². The van der Waals surface area contributed by atoms with Gasteiger partial charge in [-0.05, 0) is 58.1 Å². The van der Waals surface area contributed by atoms with Crippen LogP contribution in [-0.2, 0) is 18.5 Å². The molecule has 0 bridgehead atoms. The SMILES string of the molecule is CCc1cc(CC)cc(C(N)(N)c2cc(C(C)C)cc(C(C)C)c2)c1. The molecule has 2 aromatic carbocycles. The highest BCUT2D eigenvalue weighted by Crippen LogP contribution is 2.30. The molecule has 0 amide bonds. The average molecular weight is 339 g/mol. The van der Waals surface area contributed by atoms with Gasteiger partial charge in [0.1, 0.15) is 5.66 Å². The quantitative estimate of drug-likeness (QED) is 0.713. The molecule has 25 heavy (non-hydrogen) atoms. The molecule has 0 fully saturated rings. The van der Waals surface area contributed by atoms with E-state index in [1.165, 1.54) is 22.3 Å². The van der Waals surface area contributed by atoms with E-state index >= 15 is 0 Å². The average Bonchev–Trinajstić information content (AvgIpc) is 2.60. The summed E-state index contributed by atoms with van der Waals surface area (Å²) in [6.07, 6.45) is 1.97. The van der Waals surface area contributed by atoms with Crippen LogP contribution in [0.25, 0.3) is 0 Å². The van der Waals surface area contributed by atoms with E-state index in [4.69, 9.17) is 11.5 Å². The van der Waals surface area contributed by atoms with Crippen LogP contribution in [0.1, 0.15) is 86.8 Å². The summed E-state index contributed by atoms with van der Waals surface area (Å²) in [6.45, 7) is 13.2. The first-order chi connectivity index (χ1) is 11.7. The molecule has 136 valence electrons. The number of aryl methyl sites for hydroxylation is 2. The normalized spacial score (nSPS) is 12.2. The molecule has 0 atom stereocenters. The standard InChI is InChI=1S/C23H34N2/c1-7-17-9-18(8-2)11-21(10-17)23(24,25)22-13-19(15(3)4)12-20(14-22)16(5)6/h9-16H,7-8,24-25H2,1-6H3. The van der Waals surface area contributed by atoms with Crippen molar-refractivity contribution < 1.29 is 0 Å². The van der Waals surface area contributed by atoms with E-state index in [2.05, 4.69) is 77.9 Å². The Hall–Kier alpha value is -1.64. The number of benzene rings is 2. The molecule has 0 aliphatic heterocycles. The summed E-state index contributed by atoms with van der Waals surface area (Å²) in [7, 11) is 0. The fourth-order valence-electron chi connectivity index (χ4n) is 3.16. The van der Waals surface area contributed by atoms with Crippen LogP contribution in [0.4, 0.5) is 0 Å². The van der Waals surface area contributed by atoms with Gasteiger partial charge in [0.2, 0.25) is 0 Å². The van der Waals surface area contributed by atoms with Crippen LogP contribution in [-0.4, -0.2) is 0 Å². The third-order valence-electron chi connectivity index (χ3n) is 5.14. The van der Waals surface area contributed by atoms with E-state index in [0.29, 0.717) is 11.8 Å². The first-order valence-corrected chi connectivity index (χ1v) is 9.55. The topological polar surface area (TPSA) is 52.0 Å². The Bertz CT molecular complexity index is 678. The predicted octanol–water partition coefficient (Wildman–Crippen LogP) is 5.18. The zero-order valence-electron chi connectivity index (χ0n) is 16.7. The number of rotatable bonds is 6. The molecule has 2 aromatic rings. The molecule has 0 unspecified atom stereocenters. The lowest BCUT2D eigenvalue weighted by atomic mass is 9.85. The minimum absolute atomic E-state index is 0.446. The van der Waals surface area contributed by atoms with Crippen molar-refractivity contribution in [2.75, 3.05) is 0 Å². The van der Waals surface area contributed by atoms with Crippen molar-refractivity contribution in [1.82, 2.24) is 0 Å². The lowest BCUT2D eigenvalue weighted by molar-refractivity contribution is 0.563. The van der Waals surface area contributed by atoms with Crippen LogP contribution in [0.2, 0.25) is 0 Å². The molecule has 0 saturated carbocycles. The van der Waals surface area contributed by atoms with E-state index in [1.807, 2.05) is 0 Å². The lowest BCUT2D eigenvalue weighted by Crippen LogP contribution is -2.47. The van der Waals surface area contributed by atoms with E-state index in [1.54, 1.807) is 0 Å². The maximum Gasteiger partial charge on any atom is 0.116 e. The second kappa shape index (κ2) is 7.72. The van der Waals surface area contributed by atoms with Crippen LogP contribution in [0, 0.1) is 0 Å². The van der Waals surface area contributed by atoms with Crippen molar-refractivity contribution in [3.05, 3.63) is 69.8 Å². The van der Waals surface area contributed by atoms with Crippen LogP contribution < -0.4 is 11.5 Å². The van der Waals surface area contributed by atoms with Crippen molar-refractivity contribution in [1.29, 1.82) is 0 Å². The summed E-state index contributed by atoms with van der Waals surface area (Å²) < 4.78 is 0. The molecule has 0 saturated heterocycles. The van der Waals surface area contributed by atoms with Crippen LogP contribution >= 0.6 is 0 Å². The Balaban J connectivity index is 2.62. The minimum Gasteiger partial charge on any atom is -0.306 e. The molecule has 0 radical (unpaired) electrons. The third kappa shape index (κ3) is 4.31. The zero-order valence-corrected chi connectivity index (χ0v) is 16.7. The van der Waals surface area contributed by atoms with E-state index in [-0.39, 0.29) is 0 Å². The molecule has 0 aliphatic carbocycles. The van der Waals surface area contributed by atoms with Gasteiger partial charge in [0.15, 0.2) is 0 Å². The van der Waals surface area contributed by atoms with Crippen LogP contribution in [0.5, 0.6) is 0 Å². The van der Waals surface area contributed by atoms with Crippen molar-refractivity contribution in [2.24, 2.45) is 11.5 Å². The Labute approximate surface area is 153 Å². The van der Waals surface area contributed by atoms with Gasteiger partial charge in [0.25, 0.3) is 0 Å². The first kappa shape index (κ1) is 19.7. The molecular weight excluding hydrogens is 304 g/mol. The molecule has 0 aliphatic rings. The number of hydrogen-bond donors (Lipinski definition) is 2. The maximum absolute atomic E-state index is 6.72. The summed E-state index contributed by atoms with van der Waals surface area (Å²) in [4.78, 5) is 0. The van der Waals surface area contributed by atoms with Crippen molar-refractivity contribution in [2.45, 2.75) is 71.9 Å². The van der Waals surface area contributed by atoms with Gasteiger partial charge < -0.3 is 11.5 Å². The van der Waals surface area contributed by atoms with Gasteiger partial charge in [0, 0.05) is 0 Å². The zero-order chi connectivity index (χ0) is 18.8. The summed E-state index contributed by atoms with van der Waals surface area (Å²) in [6, 6.07) is 13.2.